The van der Waals surface area contributed by atoms with Crippen LogP contribution in [-0.2, 0) is 81.0 Å². The van der Waals surface area contributed by atoms with Gasteiger partial charge in [0.25, 0.3) is 0 Å². The quantitative estimate of drug-likeness (QED) is 0.0797. The van der Waals surface area contributed by atoms with Crippen LogP contribution < -0.4 is 31.9 Å². The molecular weight excluding hydrogens is 1450 g/mol. The normalized spacial score (nSPS) is 17.3. The topological polar surface area (TPSA) is 99.7 Å². The van der Waals surface area contributed by atoms with Gasteiger partial charge in [-0.25, -0.2) is 0 Å². The van der Waals surface area contributed by atoms with Gasteiger partial charge in [-0.3, -0.25) is 0 Å². The first-order valence-corrected chi connectivity index (χ1v) is 78.9. The molecule has 0 amide bonds. The molecule has 6 nitrogen and oxygen atoms in total. The van der Waals surface area contributed by atoms with Crippen LogP contribution >= 0.6 is 87.6 Å². The standard InChI is InChI=1S/6C2H7N.Ge4S6.Ge2S5.6H2S.2Sb/c6*1-3-2;5-1-6-3-8-2(5)9-4(7-1)10-3;3-1(4)7-2(5)6;;;;;;;;/h6*3H,1-2H3;;;6*1H2;;/q;;;;;;;-4;;;;;;;2*+2. The average molecular weight is 1510 g/mol. The summed E-state index contributed by atoms with van der Waals surface area (Å²) in [5, 5.41) is 12.0. The molecule has 6 aliphatic heterocycles. The molecule has 0 aromatic rings. The fourth-order valence-corrected chi connectivity index (χ4v) is 1030. The predicted molar refractivity (Wildman–Crippen MR) is 265 cm³/mol. The SMILES string of the molecule is C[NH2+]C.C[NH2+]C.C[NH2+]C.C[NH2+]C.C[NH2+]C.C[NH2+]C.[SH-].[SH-].[SH-].[SH-].[SH-].[SH-].[S]1[Ge]2[S][Ge]3[S][Ge]1[S][Ge]([S]2)[S]3.[S]1[Sb][S][Ge]2[S][Sb][S][Ge]1[S]2. The number of hydrogen-bond acceptors (Lipinski definition) is 17. The van der Waals surface area contributed by atoms with E-state index in [1.807, 2.05) is 116 Å². The average Bonchev–Trinajstić information content (AvgIpc) is 2.82. The molecular formula is C12H54Ge6N6S17Sb2. The summed E-state index contributed by atoms with van der Waals surface area (Å²) in [6.07, 6.45) is 0. The molecule has 0 unspecified atom stereocenters. The molecule has 31 heteroatoms. The van der Waals surface area contributed by atoms with Crippen LogP contribution in [0.1, 0.15) is 0 Å². The van der Waals surface area contributed by atoms with Gasteiger partial charge < -0.3 is 113 Å². The van der Waals surface area contributed by atoms with Gasteiger partial charge in [0.05, 0.1) is 84.6 Å². The molecule has 0 saturated carbocycles. The van der Waals surface area contributed by atoms with Gasteiger partial charge in [0.15, 0.2) is 0 Å². The molecule has 8 radical (unpaired) electrons. The van der Waals surface area contributed by atoms with Crippen molar-refractivity contribution < 1.29 is 31.9 Å². The molecule has 0 aromatic heterocycles. The molecule has 0 aromatic carbocycles. The van der Waals surface area contributed by atoms with E-state index in [9.17, 15) is 0 Å². The zero-order valence-electron chi connectivity index (χ0n) is 26.5. The molecule has 6 heterocycles. The third-order valence-corrected chi connectivity index (χ3v) is 424. The van der Waals surface area contributed by atoms with E-state index in [0.717, 1.165) is 0 Å². The van der Waals surface area contributed by atoms with Crippen molar-refractivity contribution in [2.45, 2.75) is 0 Å². The number of hydrogen-bond donors (Lipinski definition) is 6. The Morgan fingerprint density at radius 2 is 0.395 bits per heavy atom. The second-order valence-corrected chi connectivity index (χ2v) is 179. The summed E-state index contributed by atoms with van der Waals surface area (Å²) in [5.41, 5.74) is 0. The van der Waals surface area contributed by atoms with Gasteiger partial charge in [-0.2, -0.15) is 0 Å². The van der Waals surface area contributed by atoms with Crippen molar-refractivity contribution in [2.75, 3.05) is 84.6 Å². The van der Waals surface area contributed by atoms with E-state index in [0.29, 0.717) is 37.6 Å². The molecule has 0 atom stereocenters. The van der Waals surface area contributed by atoms with Crippen LogP contribution in [0.2, 0.25) is 0 Å². The summed E-state index contributed by atoms with van der Waals surface area (Å²) in [5.74, 6) is 0. The Kier molecular flexibility index (Phi) is 107. The number of fused-ring (bicyclic) bond motifs is 2. The third-order valence-electron chi connectivity index (χ3n) is 1.61. The summed E-state index contributed by atoms with van der Waals surface area (Å²) < 4.78 is 0. The zero-order valence-corrected chi connectivity index (χ0v) is 58.6. The molecule has 12 N–H and O–H groups in total. The molecule has 6 bridgehead atoms. The van der Waals surface area contributed by atoms with Gasteiger partial charge in [0, 0.05) is 0 Å². The van der Waals surface area contributed by atoms with Gasteiger partial charge >= 0.3 is 191 Å². The molecule has 0 aliphatic carbocycles. The van der Waals surface area contributed by atoms with Crippen LogP contribution in [0.3, 0.4) is 0 Å². The molecule has 6 fully saturated rings. The fraction of sp³-hybridized carbons (Fsp3) is 1.00. The van der Waals surface area contributed by atoms with Crippen LogP contribution in [-0.4, -0.2) is 188 Å². The van der Waals surface area contributed by atoms with Gasteiger partial charge in [0.2, 0.25) is 0 Å². The van der Waals surface area contributed by atoms with Crippen LogP contribution in [0.5, 0.6) is 0 Å². The summed E-state index contributed by atoms with van der Waals surface area (Å²) in [7, 11) is 49.3. The van der Waals surface area contributed by atoms with Gasteiger partial charge in [-0.05, 0) is 0 Å². The van der Waals surface area contributed by atoms with E-state index in [2.05, 4.69) is 87.6 Å². The summed E-state index contributed by atoms with van der Waals surface area (Å²) in [4.78, 5) is 0. The van der Waals surface area contributed by atoms with Crippen molar-refractivity contribution in [1.29, 1.82) is 0 Å². The monoisotopic (exact) mass is 1510 g/mol. The molecule has 43 heavy (non-hydrogen) atoms. The van der Waals surface area contributed by atoms with Crippen molar-refractivity contribution in [3.05, 3.63) is 0 Å². The van der Waals surface area contributed by atoms with Crippen LogP contribution in [0.25, 0.3) is 0 Å². The van der Waals surface area contributed by atoms with E-state index in [1.165, 1.54) is 0 Å². The van der Waals surface area contributed by atoms with Gasteiger partial charge in [-0.15, -0.1) is 0 Å². The Balaban J connectivity index is -0.0000000465. The summed E-state index contributed by atoms with van der Waals surface area (Å²) in [6, 6.07) is 0. The van der Waals surface area contributed by atoms with Crippen LogP contribution in [0.15, 0.2) is 0 Å². The van der Waals surface area contributed by atoms with Crippen LogP contribution in [0, 0.1) is 0 Å². The van der Waals surface area contributed by atoms with Crippen molar-refractivity contribution in [3.63, 3.8) is 0 Å². The number of thiol groups is 6. The van der Waals surface area contributed by atoms with E-state index in [-0.39, 0.29) is 81.0 Å². The second kappa shape index (κ2) is 61.8. The number of quaternary nitrogens is 6. The van der Waals surface area contributed by atoms with E-state index >= 15 is 0 Å². The molecule has 6 saturated heterocycles. The van der Waals surface area contributed by atoms with Gasteiger partial charge in [0.1, 0.15) is 0 Å². The number of nitrogens with two attached hydrogens (primary N) is 6. The Labute approximate surface area is 379 Å². The molecule has 6 rings (SSSR count). The zero-order chi connectivity index (χ0) is 28.9. The summed E-state index contributed by atoms with van der Waals surface area (Å²) in [6.45, 7) is 0. The Morgan fingerprint density at radius 1 is 0.279 bits per heavy atom. The molecule has 6 aliphatic rings. The van der Waals surface area contributed by atoms with Crippen molar-refractivity contribution in [3.8, 4) is 0 Å². The first-order chi connectivity index (χ1) is 17.8. The maximum absolute atomic E-state index is 2.56. The minimum absolute atomic E-state index is 0. The van der Waals surface area contributed by atoms with Crippen molar-refractivity contribution in [1.82, 2.24) is 0 Å². The minimum atomic E-state index is -0.427. The fourth-order valence-electron chi connectivity index (χ4n) is 0.993. The molecule has 0 spiro atoms. The number of rotatable bonds is 0. The molecule has 268 valence electrons. The summed E-state index contributed by atoms with van der Waals surface area (Å²) >= 11 is 0.620. The first kappa shape index (κ1) is 74.6. The van der Waals surface area contributed by atoms with E-state index < -0.39 is 65.5 Å². The van der Waals surface area contributed by atoms with Crippen LogP contribution in [0.4, 0.5) is 0 Å². The Bertz CT molecular complexity index is 379. The predicted octanol–water partition coefficient (Wildman–Crippen LogP) is -4.68. The van der Waals surface area contributed by atoms with Crippen molar-refractivity contribution >= 4 is 272 Å². The first-order valence-electron chi connectivity index (χ1n) is 11.3. The van der Waals surface area contributed by atoms with Gasteiger partial charge in [-0.1, -0.05) is 0 Å². The van der Waals surface area contributed by atoms with E-state index in [1.54, 1.807) is 0 Å². The maximum atomic E-state index is 2.56. The second-order valence-electron chi connectivity index (χ2n) is 6.19. The Morgan fingerprint density at radius 3 is 0.512 bits per heavy atom. The Hall–Kier alpha value is 10.6. The third kappa shape index (κ3) is 52.6. The van der Waals surface area contributed by atoms with E-state index in [4.69, 9.17) is 0 Å². The van der Waals surface area contributed by atoms with Crippen molar-refractivity contribution in [2.24, 2.45) is 0 Å².